The Kier molecular flexibility index (Phi) is 5.88. The van der Waals surface area contributed by atoms with Crippen molar-refractivity contribution in [2.45, 2.75) is 52.0 Å². The molecule has 1 heterocycles. The van der Waals surface area contributed by atoms with Crippen LogP contribution in [0.1, 0.15) is 45.1 Å². The first-order valence-corrected chi connectivity index (χ1v) is 8.53. The fourth-order valence-corrected chi connectivity index (χ4v) is 3.12. The Morgan fingerprint density at radius 3 is 2.61 bits per heavy atom. The lowest BCUT2D eigenvalue weighted by molar-refractivity contribution is 0.167. The van der Waals surface area contributed by atoms with Crippen molar-refractivity contribution in [3.8, 4) is 0 Å². The Bertz CT molecular complexity index is 541. The molecule has 0 aliphatic carbocycles. The van der Waals surface area contributed by atoms with Gasteiger partial charge in [-0.2, -0.15) is 0 Å². The van der Waals surface area contributed by atoms with Crippen LogP contribution in [0.2, 0.25) is 0 Å². The summed E-state index contributed by atoms with van der Waals surface area (Å²) in [6, 6.07) is 5.87. The molecule has 23 heavy (non-hydrogen) atoms. The lowest BCUT2D eigenvalue weighted by atomic mass is 9.98. The van der Waals surface area contributed by atoms with Gasteiger partial charge in [-0.25, -0.2) is 4.79 Å². The maximum atomic E-state index is 12.2. The predicted octanol–water partition coefficient (Wildman–Crippen LogP) is 3.27. The molecule has 0 radical (unpaired) electrons. The topological polar surface area (TPSA) is 64.6 Å². The standard InChI is InChI=1S/C18H29N3O2/c1-4-9-18(3,13-22)20-17(23)19-16-8-7-15(12-14(16)2)21-10-5-6-11-21/h7-8,12,22H,4-6,9-11,13H2,1-3H3,(H2,19,20,23). The van der Waals surface area contributed by atoms with Crippen LogP contribution in [0.5, 0.6) is 0 Å². The first-order valence-electron chi connectivity index (χ1n) is 8.53. The van der Waals surface area contributed by atoms with Crippen molar-refractivity contribution in [1.82, 2.24) is 5.32 Å². The lowest BCUT2D eigenvalue weighted by Crippen LogP contribution is -2.50. The second kappa shape index (κ2) is 7.68. The number of amides is 2. The zero-order chi connectivity index (χ0) is 16.9. The van der Waals surface area contributed by atoms with E-state index in [-0.39, 0.29) is 12.6 Å². The molecule has 0 spiro atoms. The van der Waals surface area contributed by atoms with Gasteiger partial charge in [0.2, 0.25) is 0 Å². The van der Waals surface area contributed by atoms with Crippen molar-refractivity contribution in [2.75, 3.05) is 29.9 Å². The van der Waals surface area contributed by atoms with Gasteiger partial charge in [-0.15, -0.1) is 0 Å². The number of urea groups is 1. The number of rotatable bonds is 6. The normalized spacial score (nSPS) is 17.0. The van der Waals surface area contributed by atoms with Crippen LogP contribution in [0.4, 0.5) is 16.2 Å². The number of nitrogens with one attached hydrogen (secondary N) is 2. The highest BCUT2D eigenvalue weighted by atomic mass is 16.3. The number of aliphatic hydroxyl groups excluding tert-OH is 1. The Morgan fingerprint density at radius 2 is 2.04 bits per heavy atom. The smallest absolute Gasteiger partial charge is 0.319 e. The lowest BCUT2D eigenvalue weighted by Gasteiger charge is -2.28. The predicted molar refractivity (Wildman–Crippen MR) is 95.2 cm³/mol. The number of carbonyl (C=O) groups excluding carboxylic acids is 1. The SMILES string of the molecule is CCCC(C)(CO)NC(=O)Nc1ccc(N2CCCC2)cc1C. The highest BCUT2D eigenvalue weighted by molar-refractivity contribution is 5.90. The van der Waals surface area contributed by atoms with E-state index >= 15 is 0 Å². The Hall–Kier alpha value is -1.75. The largest absolute Gasteiger partial charge is 0.394 e. The van der Waals surface area contributed by atoms with Crippen molar-refractivity contribution < 1.29 is 9.90 Å². The van der Waals surface area contributed by atoms with Gasteiger partial charge in [-0.05, 0) is 56.9 Å². The first-order chi connectivity index (χ1) is 11.0. The number of hydrogen-bond acceptors (Lipinski definition) is 3. The molecule has 3 N–H and O–H groups in total. The van der Waals surface area contributed by atoms with Gasteiger partial charge >= 0.3 is 6.03 Å². The molecule has 1 aliphatic rings. The van der Waals surface area contributed by atoms with E-state index in [1.807, 2.05) is 26.8 Å². The second-order valence-corrected chi connectivity index (χ2v) is 6.74. The van der Waals surface area contributed by atoms with Crippen molar-refractivity contribution in [3.05, 3.63) is 23.8 Å². The summed E-state index contributed by atoms with van der Waals surface area (Å²) in [5.41, 5.74) is 2.49. The number of nitrogens with zero attached hydrogens (tertiary/aromatic N) is 1. The summed E-state index contributed by atoms with van der Waals surface area (Å²) >= 11 is 0. The van der Waals surface area contributed by atoms with E-state index in [0.29, 0.717) is 0 Å². The van der Waals surface area contributed by atoms with Crippen LogP contribution in [0.3, 0.4) is 0 Å². The molecular weight excluding hydrogens is 290 g/mol. The van der Waals surface area contributed by atoms with Crippen LogP contribution in [0.25, 0.3) is 0 Å². The maximum Gasteiger partial charge on any atom is 0.319 e. The summed E-state index contributed by atoms with van der Waals surface area (Å²) in [5.74, 6) is 0. The maximum absolute atomic E-state index is 12.2. The van der Waals surface area contributed by atoms with Gasteiger partial charge in [-0.1, -0.05) is 13.3 Å². The van der Waals surface area contributed by atoms with Crippen LogP contribution in [-0.2, 0) is 0 Å². The fraction of sp³-hybridized carbons (Fsp3) is 0.611. The first kappa shape index (κ1) is 17.6. The average molecular weight is 319 g/mol. The van der Waals surface area contributed by atoms with Crippen LogP contribution >= 0.6 is 0 Å². The number of anilines is 2. The van der Waals surface area contributed by atoms with Gasteiger partial charge in [0.1, 0.15) is 0 Å². The molecule has 1 unspecified atom stereocenters. The highest BCUT2D eigenvalue weighted by Crippen LogP contribution is 2.25. The molecule has 1 atom stereocenters. The van der Waals surface area contributed by atoms with Crippen LogP contribution in [0.15, 0.2) is 18.2 Å². The summed E-state index contributed by atoms with van der Waals surface area (Å²) in [7, 11) is 0. The molecule has 5 nitrogen and oxygen atoms in total. The summed E-state index contributed by atoms with van der Waals surface area (Å²) in [5, 5.41) is 15.3. The van der Waals surface area contributed by atoms with E-state index in [0.717, 1.165) is 37.2 Å². The van der Waals surface area contributed by atoms with E-state index in [1.54, 1.807) is 0 Å². The molecule has 0 saturated carbocycles. The molecule has 2 amide bonds. The number of carbonyl (C=O) groups is 1. The molecular formula is C18H29N3O2. The van der Waals surface area contributed by atoms with E-state index in [4.69, 9.17) is 0 Å². The summed E-state index contributed by atoms with van der Waals surface area (Å²) in [4.78, 5) is 14.6. The van der Waals surface area contributed by atoms with Crippen LogP contribution in [0, 0.1) is 6.92 Å². The van der Waals surface area contributed by atoms with E-state index in [9.17, 15) is 9.90 Å². The third-order valence-electron chi connectivity index (χ3n) is 4.50. The molecule has 5 heteroatoms. The Balaban J connectivity index is 2.00. The van der Waals surface area contributed by atoms with Gasteiger partial charge in [-0.3, -0.25) is 0 Å². The number of benzene rings is 1. The third-order valence-corrected chi connectivity index (χ3v) is 4.50. The molecule has 2 rings (SSSR count). The van der Waals surface area contributed by atoms with Crippen LogP contribution < -0.4 is 15.5 Å². The number of aliphatic hydroxyl groups is 1. The van der Waals surface area contributed by atoms with Crippen molar-refractivity contribution in [1.29, 1.82) is 0 Å². The molecule has 1 aromatic rings. The zero-order valence-electron chi connectivity index (χ0n) is 14.5. The molecule has 0 bridgehead atoms. The molecule has 1 aliphatic heterocycles. The Labute approximate surface area is 139 Å². The summed E-state index contributed by atoms with van der Waals surface area (Å²) in [6.07, 6.45) is 4.14. The number of aryl methyl sites for hydroxylation is 1. The van der Waals surface area contributed by atoms with E-state index in [1.165, 1.54) is 18.5 Å². The van der Waals surface area contributed by atoms with E-state index < -0.39 is 5.54 Å². The van der Waals surface area contributed by atoms with Crippen molar-refractivity contribution in [3.63, 3.8) is 0 Å². The van der Waals surface area contributed by atoms with Crippen molar-refractivity contribution in [2.24, 2.45) is 0 Å². The molecule has 0 aromatic heterocycles. The average Bonchev–Trinajstić information content (AvgIpc) is 3.03. The van der Waals surface area contributed by atoms with Crippen LogP contribution in [-0.4, -0.2) is 36.4 Å². The molecule has 1 fully saturated rings. The quantitative estimate of drug-likeness (QED) is 0.754. The summed E-state index contributed by atoms with van der Waals surface area (Å²) < 4.78 is 0. The van der Waals surface area contributed by atoms with E-state index in [2.05, 4.69) is 27.7 Å². The van der Waals surface area contributed by atoms with Gasteiger partial charge < -0.3 is 20.6 Å². The van der Waals surface area contributed by atoms with Crippen molar-refractivity contribution >= 4 is 17.4 Å². The van der Waals surface area contributed by atoms with Gasteiger partial charge in [0, 0.05) is 24.5 Å². The van der Waals surface area contributed by atoms with Gasteiger partial charge in [0.05, 0.1) is 12.1 Å². The minimum absolute atomic E-state index is 0.0683. The molecule has 128 valence electrons. The second-order valence-electron chi connectivity index (χ2n) is 6.74. The highest BCUT2D eigenvalue weighted by Gasteiger charge is 2.24. The third kappa shape index (κ3) is 4.61. The van der Waals surface area contributed by atoms with Gasteiger partial charge in [0.25, 0.3) is 0 Å². The number of hydrogen-bond donors (Lipinski definition) is 3. The zero-order valence-corrected chi connectivity index (χ0v) is 14.5. The molecule has 1 aromatic carbocycles. The Morgan fingerprint density at radius 1 is 1.35 bits per heavy atom. The van der Waals surface area contributed by atoms with Gasteiger partial charge in [0.15, 0.2) is 0 Å². The monoisotopic (exact) mass is 319 g/mol. The summed E-state index contributed by atoms with van der Waals surface area (Å²) in [6.45, 7) is 8.05. The minimum atomic E-state index is -0.581. The fourth-order valence-electron chi connectivity index (χ4n) is 3.12. The molecule has 1 saturated heterocycles. The minimum Gasteiger partial charge on any atom is -0.394 e.